The maximum absolute atomic E-state index is 6.84. The predicted molar refractivity (Wildman–Crippen MR) is 252 cm³/mol. The second kappa shape index (κ2) is 16.8. The predicted octanol–water partition coefficient (Wildman–Crippen LogP) is 14.2. The topological polar surface area (TPSA) is 35.9 Å². The van der Waals surface area contributed by atoms with Gasteiger partial charge in [0.2, 0.25) is 0 Å². The Morgan fingerprint density at radius 3 is 1.97 bits per heavy atom. The SMILES string of the molecule is CC(C)c1cccc(C(C)C)c1-c1ccnc(-n2c3[c-]c(Oc4[c-]c(-n5[c-][n+](-c6cccc(C(C)(C)C)c6)cc5C(C)(C)C)cc(C(C)(C)C)c4)ccc3c3ccccc32)c1.[Pt]. The molecule has 322 valence electrons. The van der Waals surface area contributed by atoms with Crippen LogP contribution in [0.25, 0.3) is 50.1 Å². The van der Waals surface area contributed by atoms with Crippen LogP contribution in [-0.4, -0.2) is 14.1 Å². The standard InChI is InChI=1S/C56H60N4O.Pt/c1-36(2)45-21-17-22-46(37(3)4)53(45)38-26-27-57-52(28-38)60-49-23-15-14-20-47(49)48-25-24-43(33-50(48)60)61-44-31-40(55(8,9)10)30-42(32-44)59-35-58(34-51(59)56(11,12)13)41-19-16-18-39(29-41)54(5,6)7;/h14-31,34,36-37H,1-13H3;/q-2;. The van der Waals surface area contributed by atoms with Gasteiger partial charge < -0.3 is 13.9 Å². The van der Waals surface area contributed by atoms with Crippen molar-refractivity contribution in [3.63, 3.8) is 0 Å². The summed E-state index contributed by atoms with van der Waals surface area (Å²) >= 11 is 0. The van der Waals surface area contributed by atoms with Crippen LogP contribution in [0.2, 0.25) is 0 Å². The van der Waals surface area contributed by atoms with Crippen LogP contribution in [0.1, 0.15) is 130 Å². The molecule has 0 bridgehead atoms. The van der Waals surface area contributed by atoms with Gasteiger partial charge in [0.15, 0.2) is 0 Å². The first-order chi connectivity index (χ1) is 28.8. The molecule has 0 radical (unpaired) electrons. The molecule has 5 aromatic carbocycles. The number of nitrogens with zero attached hydrogens (tertiary/aromatic N) is 4. The Morgan fingerprint density at radius 1 is 0.629 bits per heavy atom. The first-order valence-electron chi connectivity index (χ1n) is 21.8. The fraction of sp³-hybridized carbons (Fsp3) is 0.321. The van der Waals surface area contributed by atoms with E-state index in [1.54, 1.807) is 0 Å². The first kappa shape index (κ1) is 44.8. The number of rotatable bonds is 8. The van der Waals surface area contributed by atoms with Crippen molar-refractivity contribution in [2.45, 2.75) is 118 Å². The molecule has 0 aliphatic heterocycles. The van der Waals surface area contributed by atoms with Gasteiger partial charge in [0.05, 0.1) is 11.4 Å². The molecule has 3 aromatic heterocycles. The third-order valence-corrected chi connectivity index (χ3v) is 11.8. The number of fused-ring (bicyclic) bond motifs is 3. The van der Waals surface area contributed by atoms with Gasteiger partial charge >= 0.3 is 0 Å². The zero-order valence-electron chi connectivity index (χ0n) is 38.6. The van der Waals surface area contributed by atoms with Crippen molar-refractivity contribution in [2.24, 2.45) is 0 Å². The number of pyridine rings is 1. The van der Waals surface area contributed by atoms with Gasteiger partial charge in [-0.05, 0) is 97.3 Å². The zero-order valence-corrected chi connectivity index (χ0v) is 40.9. The summed E-state index contributed by atoms with van der Waals surface area (Å²) in [5.74, 6) is 2.82. The zero-order chi connectivity index (χ0) is 43.6. The number of para-hydroxylation sites is 1. The van der Waals surface area contributed by atoms with E-state index in [1.165, 1.54) is 22.3 Å². The Kier molecular flexibility index (Phi) is 12.1. The number of imidazole rings is 1. The van der Waals surface area contributed by atoms with Crippen molar-refractivity contribution in [3.05, 3.63) is 162 Å². The van der Waals surface area contributed by atoms with Crippen LogP contribution in [0.3, 0.4) is 0 Å². The Labute approximate surface area is 384 Å². The molecule has 0 aliphatic carbocycles. The van der Waals surface area contributed by atoms with Crippen LogP contribution in [0, 0.1) is 18.5 Å². The minimum atomic E-state index is -0.180. The summed E-state index contributed by atoms with van der Waals surface area (Å²) in [7, 11) is 0. The van der Waals surface area contributed by atoms with Crippen molar-refractivity contribution < 1.29 is 30.4 Å². The molecule has 0 aliphatic rings. The summed E-state index contributed by atoms with van der Waals surface area (Å²) < 4.78 is 13.3. The molecule has 0 fully saturated rings. The molecular weight excluding hydrogens is 940 g/mol. The van der Waals surface area contributed by atoms with Crippen molar-refractivity contribution in [1.29, 1.82) is 0 Å². The smallest absolute Gasteiger partial charge is 0.267 e. The molecule has 0 N–H and O–H groups in total. The normalized spacial score (nSPS) is 12.4. The van der Waals surface area contributed by atoms with E-state index in [2.05, 4.69) is 225 Å². The van der Waals surface area contributed by atoms with Crippen molar-refractivity contribution >= 4 is 21.8 Å². The van der Waals surface area contributed by atoms with Gasteiger partial charge in [0.1, 0.15) is 5.82 Å². The molecule has 0 amide bonds. The van der Waals surface area contributed by atoms with E-state index in [-0.39, 0.29) is 37.3 Å². The van der Waals surface area contributed by atoms with Crippen LogP contribution in [0.4, 0.5) is 0 Å². The van der Waals surface area contributed by atoms with Crippen LogP contribution < -0.4 is 9.30 Å². The summed E-state index contributed by atoms with van der Waals surface area (Å²) in [6.45, 7) is 29.3. The van der Waals surface area contributed by atoms with Crippen molar-refractivity contribution in [3.8, 4) is 39.8 Å². The average molecular weight is 1000 g/mol. The van der Waals surface area contributed by atoms with Gasteiger partial charge in [0, 0.05) is 50.5 Å². The van der Waals surface area contributed by atoms with E-state index in [0.29, 0.717) is 23.3 Å². The van der Waals surface area contributed by atoms with Crippen LogP contribution in [0.5, 0.6) is 11.5 Å². The Morgan fingerprint density at radius 2 is 1.31 bits per heavy atom. The van der Waals surface area contributed by atoms with Gasteiger partial charge in [-0.3, -0.25) is 4.57 Å². The molecular formula is C56H60N4OPt-2. The third-order valence-electron chi connectivity index (χ3n) is 11.8. The van der Waals surface area contributed by atoms with Gasteiger partial charge in [-0.15, -0.1) is 29.7 Å². The maximum Gasteiger partial charge on any atom is 0.267 e. The molecule has 0 saturated carbocycles. The summed E-state index contributed by atoms with van der Waals surface area (Å²) in [6.07, 6.45) is 7.84. The van der Waals surface area contributed by atoms with Gasteiger partial charge in [-0.1, -0.05) is 144 Å². The van der Waals surface area contributed by atoms with E-state index in [9.17, 15) is 0 Å². The molecule has 8 aromatic rings. The fourth-order valence-corrected chi connectivity index (χ4v) is 8.35. The Hall–Kier alpha value is -5.25. The fourth-order valence-electron chi connectivity index (χ4n) is 8.35. The third kappa shape index (κ3) is 8.71. The second-order valence-corrected chi connectivity index (χ2v) is 20.3. The molecule has 3 heterocycles. The van der Waals surface area contributed by atoms with Crippen molar-refractivity contribution in [1.82, 2.24) is 14.1 Å². The largest absolute Gasteiger partial charge is 0.510 e. The number of aromatic nitrogens is 4. The Balaban J connectivity index is 0.00000578. The van der Waals surface area contributed by atoms with Gasteiger partial charge in [0.25, 0.3) is 6.33 Å². The number of hydrogen-bond donors (Lipinski definition) is 0. The van der Waals surface area contributed by atoms with Crippen LogP contribution in [-0.2, 0) is 37.3 Å². The minimum Gasteiger partial charge on any atom is -0.510 e. The summed E-state index contributed by atoms with van der Waals surface area (Å²) in [4.78, 5) is 5.01. The molecule has 0 unspecified atom stereocenters. The molecule has 5 nitrogen and oxygen atoms in total. The maximum atomic E-state index is 6.84. The monoisotopic (exact) mass is 999 g/mol. The van der Waals surface area contributed by atoms with E-state index in [1.807, 2.05) is 12.3 Å². The average Bonchev–Trinajstić information content (AvgIpc) is 3.81. The molecule has 62 heavy (non-hydrogen) atoms. The summed E-state index contributed by atoms with van der Waals surface area (Å²) in [5.41, 5.74) is 12.3. The molecule has 0 saturated heterocycles. The van der Waals surface area contributed by atoms with Gasteiger partial charge in [-0.25, -0.2) is 4.98 Å². The molecule has 0 spiro atoms. The van der Waals surface area contributed by atoms with E-state index in [4.69, 9.17) is 9.72 Å². The molecule has 0 atom stereocenters. The quantitative estimate of drug-likeness (QED) is 0.112. The van der Waals surface area contributed by atoms with E-state index >= 15 is 0 Å². The number of benzene rings is 5. The van der Waals surface area contributed by atoms with Crippen molar-refractivity contribution in [2.75, 3.05) is 0 Å². The summed E-state index contributed by atoms with van der Waals surface area (Å²) in [5, 5.41) is 2.23. The Bertz CT molecular complexity index is 2880. The molecule has 8 rings (SSSR count). The van der Waals surface area contributed by atoms with E-state index in [0.717, 1.165) is 55.8 Å². The summed E-state index contributed by atoms with van der Waals surface area (Å²) in [6, 6.07) is 44.3. The number of hydrogen-bond acceptors (Lipinski definition) is 2. The number of ether oxygens (including phenoxy) is 1. The first-order valence-corrected chi connectivity index (χ1v) is 21.8. The van der Waals surface area contributed by atoms with E-state index < -0.39 is 0 Å². The van der Waals surface area contributed by atoms with Crippen LogP contribution >= 0.6 is 0 Å². The second-order valence-electron chi connectivity index (χ2n) is 20.3. The van der Waals surface area contributed by atoms with Gasteiger partial charge in [-0.2, -0.15) is 17.7 Å². The molecule has 6 heteroatoms. The minimum absolute atomic E-state index is 0. The van der Waals surface area contributed by atoms with Crippen LogP contribution in [0.15, 0.2) is 116 Å².